The molecule has 0 spiro atoms. The van der Waals surface area contributed by atoms with Crippen molar-refractivity contribution < 1.29 is 44.0 Å². The number of fused-ring (bicyclic) bond motifs is 2. The first-order chi connectivity index (χ1) is 16.2. The van der Waals surface area contributed by atoms with E-state index in [1.165, 1.54) is 24.3 Å². The fourth-order valence-corrected chi connectivity index (χ4v) is 5.27. The van der Waals surface area contributed by atoms with Crippen LogP contribution in [0.5, 0.6) is 5.75 Å². The number of hydrogen-bond acceptors (Lipinski definition) is 9. The molecule has 0 unspecified atom stereocenters. The Kier molecular flexibility index (Phi) is 5.87. The molecule has 182 valence electrons. The van der Waals surface area contributed by atoms with Crippen LogP contribution in [0.3, 0.4) is 0 Å². The van der Waals surface area contributed by atoms with Crippen molar-refractivity contribution in [3.63, 3.8) is 0 Å². The molecule has 0 atom stereocenters. The summed E-state index contributed by atoms with van der Waals surface area (Å²) >= 11 is 0. The molecular weight excluding hydrogens is 524 g/mol. The fourth-order valence-electron chi connectivity index (χ4n) is 3.45. The Hall–Kier alpha value is -3.47. The third-order valence-electron chi connectivity index (χ3n) is 5.00. The zero-order valence-electron chi connectivity index (χ0n) is 17.1. The molecule has 4 aromatic carbocycles. The number of hydrogen-bond donors (Lipinski definition) is 4. The van der Waals surface area contributed by atoms with Crippen molar-refractivity contribution in [2.24, 2.45) is 10.2 Å². The summed E-state index contributed by atoms with van der Waals surface area (Å²) < 4.78 is 98.4. The van der Waals surface area contributed by atoms with E-state index in [-0.39, 0.29) is 27.2 Å². The van der Waals surface area contributed by atoms with Gasteiger partial charge in [0.2, 0.25) is 0 Å². The van der Waals surface area contributed by atoms with Crippen molar-refractivity contribution in [2.75, 3.05) is 0 Å². The van der Waals surface area contributed by atoms with E-state index < -0.39 is 56.5 Å². The van der Waals surface area contributed by atoms with Crippen molar-refractivity contribution in [2.45, 2.75) is 14.7 Å². The predicted molar refractivity (Wildman–Crippen MR) is 123 cm³/mol. The summed E-state index contributed by atoms with van der Waals surface area (Å²) in [5.41, 5.74) is -0.507. The second-order valence-electron chi connectivity index (χ2n) is 7.21. The van der Waals surface area contributed by atoms with Crippen molar-refractivity contribution >= 4 is 63.3 Å². The van der Waals surface area contributed by atoms with Gasteiger partial charge in [-0.3, -0.25) is 13.7 Å². The van der Waals surface area contributed by atoms with Gasteiger partial charge in [0.15, 0.2) is 5.75 Å². The van der Waals surface area contributed by atoms with E-state index in [0.717, 1.165) is 30.3 Å². The van der Waals surface area contributed by atoms with Gasteiger partial charge in [-0.25, -0.2) is 0 Å². The maximum absolute atomic E-state index is 11.8. The van der Waals surface area contributed by atoms with Crippen LogP contribution in [0.25, 0.3) is 21.5 Å². The molecule has 0 aliphatic heterocycles. The fraction of sp³-hybridized carbons (Fsp3) is 0. The summed E-state index contributed by atoms with van der Waals surface area (Å²) in [4.78, 5) is -1.90. The number of rotatable bonds is 5. The second-order valence-corrected chi connectivity index (χ2v) is 11.4. The molecule has 4 N–H and O–H groups in total. The molecule has 0 amide bonds. The first-order valence-corrected chi connectivity index (χ1v) is 13.7. The number of azo groups is 1. The molecule has 0 bridgehead atoms. The van der Waals surface area contributed by atoms with E-state index in [9.17, 15) is 44.0 Å². The minimum absolute atomic E-state index is 0.0309. The van der Waals surface area contributed by atoms with Gasteiger partial charge >= 0.3 is 0 Å². The van der Waals surface area contributed by atoms with Crippen molar-refractivity contribution in [1.82, 2.24) is 0 Å². The Balaban J connectivity index is 2.02. The average molecular weight is 539 g/mol. The van der Waals surface area contributed by atoms with E-state index in [4.69, 9.17) is 0 Å². The van der Waals surface area contributed by atoms with Crippen LogP contribution in [0.15, 0.2) is 85.6 Å². The largest absolute Gasteiger partial charge is 0.504 e. The number of benzene rings is 4. The summed E-state index contributed by atoms with van der Waals surface area (Å²) in [5, 5.41) is 18.6. The Morgan fingerprint density at radius 1 is 0.600 bits per heavy atom. The van der Waals surface area contributed by atoms with Gasteiger partial charge in [-0.15, -0.1) is 10.2 Å². The molecule has 0 radical (unpaired) electrons. The Morgan fingerprint density at radius 3 is 1.83 bits per heavy atom. The standard InChI is InChI=1S/C20H14N2O10S3/c23-20-18(35(30,31)32)9-11-5-6-12(33(24,25)26)10-15(11)19(20)22-21-16-7-8-17(34(27,28)29)14-4-2-1-3-13(14)16/h1-10,23H,(H,24,25,26)(H,27,28,29)(H,30,31,32). The van der Waals surface area contributed by atoms with Crippen LogP contribution >= 0.6 is 0 Å². The average Bonchev–Trinajstić information content (AvgIpc) is 2.75. The van der Waals surface area contributed by atoms with Crippen LogP contribution in [0.4, 0.5) is 11.4 Å². The van der Waals surface area contributed by atoms with Gasteiger partial charge in [-0.1, -0.05) is 30.3 Å². The molecule has 35 heavy (non-hydrogen) atoms. The van der Waals surface area contributed by atoms with E-state index >= 15 is 0 Å². The summed E-state index contributed by atoms with van der Waals surface area (Å²) in [6.45, 7) is 0. The predicted octanol–water partition coefficient (Wildman–Crippen LogP) is 3.85. The summed E-state index contributed by atoms with van der Waals surface area (Å²) in [6, 6.07) is 12.1. The number of aromatic hydroxyl groups is 1. The first kappa shape index (κ1) is 24.6. The Labute approximate surface area is 198 Å². The molecule has 0 fully saturated rings. The minimum Gasteiger partial charge on any atom is -0.504 e. The minimum atomic E-state index is -4.94. The van der Waals surface area contributed by atoms with Gasteiger partial charge in [0.05, 0.1) is 10.6 Å². The third-order valence-corrected chi connectivity index (χ3v) is 7.63. The quantitative estimate of drug-likeness (QED) is 0.213. The SMILES string of the molecule is O=S(=O)(O)c1ccc2cc(S(=O)(=O)O)c(O)c(N=Nc3ccc(S(=O)(=O)O)c4ccccc34)c2c1. The van der Waals surface area contributed by atoms with Gasteiger partial charge in [0.25, 0.3) is 30.4 Å². The Morgan fingerprint density at radius 2 is 1.23 bits per heavy atom. The molecule has 12 nitrogen and oxygen atoms in total. The maximum atomic E-state index is 11.8. The molecule has 4 rings (SSSR count). The zero-order chi connectivity index (χ0) is 25.8. The highest BCUT2D eigenvalue weighted by molar-refractivity contribution is 7.86. The van der Waals surface area contributed by atoms with E-state index in [1.807, 2.05) is 0 Å². The van der Waals surface area contributed by atoms with Crippen LogP contribution in [0, 0.1) is 0 Å². The van der Waals surface area contributed by atoms with Gasteiger partial charge < -0.3 is 5.11 Å². The topological polar surface area (TPSA) is 208 Å². The monoisotopic (exact) mass is 538 g/mol. The van der Waals surface area contributed by atoms with Crippen LogP contribution in [0.1, 0.15) is 0 Å². The third kappa shape index (κ3) is 4.72. The lowest BCUT2D eigenvalue weighted by Crippen LogP contribution is -2.00. The molecule has 0 heterocycles. The van der Waals surface area contributed by atoms with Crippen molar-refractivity contribution in [3.05, 3.63) is 60.7 Å². The first-order valence-electron chi connectivity index (χ1n) is 9.33. The van der Waals surface area contributed by atoms with Crippen molar-refractivity contribution in [3.8, 4) is 5.75 Å². The summed E-state index contributed by atoms with van der Waals surface area (Å²) in [7, 11) is -14.2. The van der Waals surface area contributed by atoms with Crippen LogP contribution in [-0.2, 0) is 30.4 Å². The molecule has 0 aromatic heterocycles. The highest BCUT2D eigenvalue weighted by Gasteiger charge is 2.23. The molecule has 0 saturated carbocycles. The van der Waals surface area contributed by atoms with Gasteiger partial charge in [0.1, 0.15) is 15.5 Å². The Bertz CT molecular complexity index is 1880. The van der Waals surface area contributed by atoms with E-state index in [1.54, 1.807) is 6.07 Å². The van der Waals surface area contributed by atoms with Crippen LogP contribution in [0.2, 0.25) is 0 Å². The highest BCUT2D eigenvalue weighted by Crippen LogP contribution is 2.42. The van der Waals surface area contributed by atoms with Gasteiger partial charge in [-0.05, 0) is 35.7 Å². The number of nitrogens with zero attached hydrogens (tertiary/aromatic N) is 2. The molecule has 15 heteroatoms. The molecule has 4 aromatic rings. The summed E-state index contributed by atoms with van der Waals surface area (Å²) in [6.07, 6.45) is 0. The van der Waals surface area contributed by atoms with Gasteiger partial charge in [-0.2, -0.15) is 25.3 Å². The molecular formula is C20H14N2O10S3. The highest BCUT2D eigenvalue weighted by atomic mass is 32.2. The molecule has 0 aliphatic rings. The smallest absolute Gasteiger partial charge is 0.298 e. The normalized spacial score (nSPS) is 13.1. The molecule has 0 aliphatic carbocycles. The maximum Gasteiger partial charge on any atom is 0.298 e. The van der Waals surface area contributed by atoms with E-state index in [2.05, 4.69) is 10.2 Å². The van der Waals surface area contributed by atoms with Crippen LogP contribution in [-0.4, -0.2) is 44.0 Å². The molecule has 0 saturated heterocycles. The van der Waals surface area contributed by atoms with Gasteiger partial charge in [0, 0.05) is 16.2 Å². The van der Waals surface area contributed by atoms with Crippen LogP contribution < -0.4 is 0 Å². The van der Waals surface area contributed by atoms with Crippen molar-refractivity contribution in [1.29, 1.82) is 0 Å². The second kappa shape index (κ2) is 8.33. The lowest BCUT2D eigenvalue weighted by molar-refractivity contribution is 0.444. The number of phenolic OH excluding ortho intramolecular Hbond substituents is 1. The summed E-state index contributed by atoms with van der Waals surface area (Å²) in [5.74, 6) is -1.05. The lowest BCUT2D eigenvalue weighted by Gasteiger charge is -2.10. The zero-order valence-corrected chi connectivity index (χ0v) is 19.6. The van der Waals surface area contributed by atoms with E-state index in [0.29, 0.717) is 0 Å². The number of phenols is 1. The lowest BCUT2D eigenvalue weighted by atomic mass is 10.1.